The first-order valence-electron chi connectivity index (χ1n) is 8.93. The van der Waals surface area contributed by atoms with Gasteiger partial charge in [-0.25, -0.2) is 0 Å². The predicted octanol–water partition coefficient (Wildman–Crippen LogP) is 3.32. The van der Waals surface area contributed by atoms with Crippen molar-refractivity contribution in [2.75, 3.05) is 24.7 Å². The van der Waals surface area contributed by atoms with Crippen LogP contribution < -0.4 is 14.4 Å². The summed E-state index contributed by atoms with van der Waals surface area (Å²) in [6.45, 7) is 4.68. The zero-order valence-electron chi connectivity index (χ0n) is 15.4. The number of fused-ring (bicyclic) bond motifs is 1. The smallest absolute Gasteiger partial charge is 0.312 e. The first-order valence-corrected chi connectivity index (χ1v) is 8.93. The molecular weight excluding hydrogens is 346 g/mol. The van der Waals surface area contributed by atoms with E-state index in [1.807, 2.05) is 6.07 Å². The lowest BCUT2D eigenvalue weighted by Crippen LogP contribution is -2.35. The Morgan fingerprint density at radius 1 is 1.11 bits per heavy atom. The maximum absolute atomic E-state index is 12.6. The lowest BCUT2D eigenvalue weighted by atomic mass is 10.0. The monoisotopic (exact) mass is 369 g/mol. The maximum atomic E-state index is 12.6. The molecule has 2 aromatic rings. The number of carbonyl (C=O) groups is 2. The van der Waals surface area contributed by atoms with E-state index in [1.54, 1.807) is 42.5 Å². The van der Waals surface area contributed by atoms with Gasteiger partial charge in [0.15, 0.2) is 6.61 Å². The Kier molecular flexibility index (Phi) is 5.64. The maximum Gasteiger partial charge on any atom is 0.312 e. The number of amides is 1. The molecule has 27 heavy (non-hydrogen) atoms. The standard InChI is InChI=1S/C21H23NO5/c1-14(2)12-26-15-6-5-7-16(10-15)27-13-20(23)22-11-18(21(24)25)17-8-3-4-9-19(17)22/h3-10,14,18H,11-13H2,1-2H3,(H,24,25). The number of hydrogen-bond acceptors (Lipinski definition) is 4. The second-order valence-electron chi connectivity index (χ2n) is 6.92. The van der Waals surface area contributed by atoms with Crippen molar-refractivity contribution in [3.63, 3.8) is 0 Å². The van der Waals surface area contributed by atoms with Gasteiger partial charge in [-0.05, 0) is 29.7 Å². The molecule has 6 nitrogen and oxygen atoms in total. The van der Waals surface area contributed by atoms with E-state index in [4.69, 9.17) is 9.47 Å². The van der Waals surface area contributed by atoms with Crippen molar-refractivity contribution >= 4 is 17.6 Å². The first-order chi connectivity index (χ1) is 13.0. The molecule has 0 aliphatic carbocycles. The fraction of sp³-hybridized carbons (Fsp3) is 0.333. The van der Waals surface area contributed by atoms with Gasteiger partial charge in [0, 0.05) is 18.3 Å². The number of ether oxygens (including phenoxy) is 2. The van der Waals surface area contributed by atoms with Crippen molar-refractivity contribution in [1.82, 2.24) is 0 Å². The van der Waals surface area contributed by atoms with E-state index in [0.717, 1.165) is 0 Å². The summed E-state index contributed by atoms with van der Waals surface area (Å²) in [4.78, 5) is 25.6. The zero-order valence-corrected chi connectivity index (χ0v) is 15.4. The second-order valence-corrected chi connectivity index (χ2v) is 6.92. The van der Waals surface area contributed by atoms with Crippen LogP contribution >= 0.6 is 0 Å². The fourth-order valence-corrected chi connectivity index (χ4v) is 2.99. The van der Waals surface area contributed by atoms with Gasteiger partial charge in [0.05, 0.1) is 6.61 Å². The molecule has 1 unspecified atom stereocenters. The topological polar surface area (TPSA) is 76.1 Å². The minimum absolute atomic E-state index is 0.119. The summed E-state index contributed by atoms with van der Waals surface area (Å²) in [7, 11) is 0. The number of para-hydroxylation sites is 1. The first kappa shape index (κ1) is 18.8. The fourth-order valence-electron chi connectivity index (χ4n) is 2.99. The highest BCUT2D eigenvalue weighted by Gasteiger charge is 2.36. The van der Waals surface area contributed by atoms with Gasteiger partial charge in [-0.2, -0.15) is 0 Å². The number of carboxylic acids is 1. The number of aliphatic carboxylic acids is 1. The van der Waals surface area contributed by atoms with Crippen LogP contribution in [0.4, 0.5) is 5.69 Å². The normalized spacial score (nSPS) is 15.5. The van der Waals surface area contributed by atoms with E-state index in [-0.39, 0.29) is 19.1 Å². The molecule has 0 aromatic heterocycles. The molecule has 142 valence electrons. The second kappa shape index (κ2) is 8.12. The number of carbonyl (C=O) groups excluding carboxylic acids is 1. The van der Waals surface area contributed by atoms with Gasteiger partial charge >= 0.3 is 5.97 Å². The van der Waals surface area contributed by atoms with Crippen molar-refractivity contribution in [3.05, 3.63) is 54.1 Å². The molecule has 0 spiro atoms. The van der Waals surface area contributed by atoms with E-state index in [0.29, 0.717) is 35.3 Å². The van der Waals surface area contributed by atoms with Gasteiger partial charge in [0.2, 0.25) is 0 Å². The number of anilines is 1. The largest absolute Gasteiger partial charge is 0.493 e. The highest BCUT2D eigenvalue weighted by Crippen LogP contribution is 2.36. The van der Waals surface area contributed by atoms with Crippen molar-refractivity contribution in [2.45, 2.75) is 19.8 Å². The van der Waals surface area contributed by atoms with E-state index in [2.05, 4.69) is 13.8 Å². The molecule has 1 N–H and O–H groups in total. The van der Waals surface area contributed by atoms with E-state index >= 15 is 0 Å². The average molecular weight is 369 g/mol. The van der Waals surface area contributed by atoms with Crippen LogP contribution in [0, 0.1) is 5.92 Å². The Bertz CT molecular complexity index is 833. The Balaban J connectivity index is 1.65. The van der Waals surface area contributed by atoms with Crippen molar-refractivity contribution in [1.29, 1.82) is 0 Å². The lowest BCUT2D eigenvalue weighted by molar-refractivity contribution is -0.138. The SMILES string of the molecule is CC(C)COc1cccc(OCC(=O)N2CC(C(=O)O)c3ccccc32)c1. The molecule has 1 amide bonds. The molecule has 0 bridgehead atoms. The van der Waals surface area contributed by atoms with Crippen molar-refractivity contribution < 1.29 is 24.2 Å². The van der Waals surface area contributed by atoms with Gasteiger partial charge < -0.3 is 19.5 Å². The molecule has 0 saturated heterocycles. The average Bonchev–Trinajstić information content (AvgIpc) is 3.05. The number of carboxylic acid groups (broad SMARTS) is 1. The van der Waals surface area contributed by atoms with Crippen LogP contribution in [0.25, 0.3) is 0 Å². The molecule has 1 aliphatic rings. The third kappa shape index (κ3) is 4.39. The minimum Gasteiger partial charge on any atom is -0.493 e. The number of benzene rings is 2. The molecule has 0 radical (unpaired) electrons. The molecule has 0 saturated carbocycles. The van der Waals surface area contributed by atoms with Crippen LogP contribution in [0.2, 0.25) is 0 Å². The summed E-state index contributed by atoms with van der Waals surface area (Å²) in [6, 6.07) is 14.2. The van der Waals surface area contributed by atoms with Crippen LogP contribution in [0.3, 0.4) is 0 Å². The van der Waals surface area contributed by atoms with Crippen LogP contribution in [0.5, 0.6) is 11.5 Å². The molecule has 1 heterocycles. The molecule has 1 atom stereocenters. The van der Waals surface area contributed by atoms with E-state index in [9.17, 15) is 14.7 Å². The number of hydrogen-bond donors (Lipinski definition) is 1. The lowest BCUT2D eigenvalue weighted by Gasteiger charge is -2.18. The number of rotatable bonds is 7. The highest BCUT2D eigenvalue weighted by molar-refractivity contribution is 5.99. The quantitative estimate of drug-likeness (QED) is 0.810. The number of nitrogens with zero attached hydrogens (tertiary/aromatic N) is 1. The zero-order chi connectivity index (χ0) is 19.4. The Morgan fingerprint density at radius 2 is 1.81 bits per heavy atom. The van der Waals surface area contributed by atoms with Gasteiger partial charge in [-0.3, -0.25) is 9.59 Å². The highest BCUT2D eigenvalue weighted by atomic mass is 16.5. The summed E-state index contributed by atoms with van der Waals surface area (Å²) in [5.74, 6) is -0.294. The van der Waals surface area contributed by atoms with Crippen LogP contribution in [0.1, 0.15) is 25.3 Å². The molecular formula is C21H23NO5. The van der Waals surface area contributed by atoms with Gasteiger partial charge in [0.1, 0.15) is 17.4 Å². The Hall–Kier alpha value is -3.02. The van der Waals surface area contributed by atoms with Crippen molar-refractivity contribution in [2.24, 2.45) is 5.92 Å². The molecule has 2 aromatic carbocycles. The third-order valence-corrected chi connectivity index (χ3v) is 4.32. The molecule has 3 rings (SSSR count). The van der Waals surface area contributed by atoms with Gasteiger partial charge in [-0.1, -0.05) is 38.1 Å². The third-order valence-electron chi connectivity index (χ3n) is 4.32. The molecule has 6 heteroatoms. The Morgan fingerprint density at radius 3 is 2.52 bits per heavy atom. The van der Waals surface area contributed by atoms with Crippen LogP contribution in [-0.4, -0.2) is 36.7 Å². The Labute approximate surface area is 158 Å². The van der Waals surface area contributed by atoms with E-state index < -0.39 is 11.9 Å². The summed E-state index contributed by atoms with van der Waals surface area (Å²) in [6.07, 6.45) is 0. The summed E-state index contributed by atoms with van der Waals surface area (Å²) >= 11 is 0. The summed E-state index contributed by atoms with van der Waals surface area (Å²) < 4.78 is 11.3. The van der Waals surface area contributed by atoms with Crippen LogP contribution in [0.15, 0.2) is 48.5 Å². The minimum atomic E-state index is -0.936. The van der Waals surface area contributed by atoms with Crippen molar-refractivity contribution in [3.8, 4) is 11.5 Å². The molecule has 0 fully saturated rings. The van der Waals surface area contributed by atoms with Gasteiger partial charge in [-0.15, -0.1) is 0 Å². The predicted molar refractivity (Wildman–Crippen MR) is 101 cm³/mol. The van der Waals surface area contributed by atoms with E-state index in [1.165, 1.54) is 4.90 Å². The summed E-state index contributed by atoms with van der Waals surface area (Å²) in [5.41, 5.74) is 1.29. The van der Waals surface area contributed by atoms with Gasteiger partial charge in [0.25, 0.3) is 5.91 Å². The molecule has 1 aliphatic heterocycles. The van der Waals surface area contributed by atoms with Crippen LogP contribution in [-0.2, 0) is 9.59 Å². The summed E-state index contributed by atoms with van der Waals surface area (Å²) in [5, 5.41) is 9.40.